The minimum Gasteiger partial charge on any atom is -0.440 e. The average molecular weight is 524 g/mol. The number of carbonyl (C=O) groups is 1. The summed E-state index contributed by atoms with van der Waals surface area (Å²) >= 11 is 3.52. The van der Waals surface area contributed by atoms with E-state index in [1.54, 1.807) is 22.7 Å². The Balaban J connectivity index is 1.24. The van der Waals surface area contributed by atoms with Crippen LogP contribution in [0.1, 0.15) is 51.9 Å². The van der Waals surface area contributed by atoms with Crippen molar-refractivity contribution in [1.82, 2.24) is 4.90 Å². The number of hydrogen-bond acceptors (Lipinski definition) is 4. The first-order valence-electron chi connectivity index (χ1n) is 13.5. The molecule has 6 rings (SSSR count). The Kier molecular flexibility index (Phi) is 8.14. The fourth-order valence-electron chi connectivity index (χ4n) is 6.07. The van der Waals surface area contributed by atoms with Crippen LogP contribution in [0.3, 0.4) is 0 Å². The van der Waals surface area contributed by atoms with Gasteiger partial charge in [0.2, 0.25) is 0 Å². The summed E-state index contributed by atoms with van der Waals surface area (Å²) in [6, 6.07) is 17.3. The molecule has 6 heteroatoms. The second-order valence-corrected chi connectivity index (χ2v) is 13.0. The summed E-state index contributed by atoms with van der Waals surface area (Å²) in [5.41, 5.74) is 2.76. The third kappa shape index (κ3) is 6.04. The van der Waals surface area contributed by atoms with Gasteiger partial charge in [-0.2, -0.15) is 0 Å². The van der Waals surface area contributed by atoms with Crippen LogP contribution in [0.4, 0.5) is 4.79 Å². The van der Waals surface area contributed by atoms with Crippen molar-refractivity contribution in [2.24, 2.45) is 5.92 Å². The maximum Gasteiger partial charge on any atom is 0.410 e. The lowest BCUT2D eigenvalue weighted by Gasteiger charge is -2.52. The van der Waals surface area contributed by atoms with Crippen LogP contribution in [0.5, 0.6) is 0 Å². The fourth-order valence-corrected chi connectivity index (χ4v) is 7.97. The molecule has 0 spiro atoms. The van der Waals surface area contributed by atoms with Gasteiger partial charge in [0.15, 0.2) is 6.10 Å². The van der Waals surface area contributed by atoms with Gasteiger partial charge in [-0.3, -0.25) is 4.90 Å². The summed E-state index contributed by atoms with van der Waals surface area (Å²) in [7, 11) is 0. The highest BCUT2D eigenvalue weighted by atomic mass is 32.1. The standard InChI is InChI=1S/C30H39N2O2S2/c1-3-25-15-19-35-29(25)21-31(20-27-12-11-23(2)36-27)30(33)34-28-22-32(17-13-26(28)14-18-32)16-7-10-24-8-5-4-6-9-24/h4-6,8-9,11-12,15,19,26,28H,3,7,10,13-14,16-18,20-22H2,1-2H3/q+1/t26?,28-,32?/m0/s1. The van der Waals surface area contributed by atoms with Gasteiger partial charge in [-0.05, 0) is 54.5 Å². The molecule has 1 atom stereocenters. The van der Waals surface area contributed by atoms with Gasteiger partial charge in [0.05, 0.1) is 32.7 Å². The van der Waals surface area contributed by atoms with Crippen LogP contribution >= 0.6 is 22.7 Å². The molecular formula is C30H39N2O2S2+. The Morgan fingerprint density at radius 3 is 2.61 bits per heavy atom. The Morgan fingerprint density at radius 1 is 1.08 bits per heavy atom. The molecule has 3 aliphatic heterocycles. The Labute approximate surface area is 224 Å². The number of carbonyl (C=O) groups excluding carboxylic acids is 1. The smallest absolute Gasteiger partial charge is 0.410 e. The van der Waals surface area contributed by atoms with E-state index in [1.165, 1.54) is 64.7 Å². The van der Waals surface area contributed by atoms with Crippen LogP contribution in [0.15, 0.2) is 53.9 Å². The van der Waals surface area contributed by atoms with Gasteiger partial charge in [0.25, 0.3) is 0 Å². The van der Waals surface area contributed by atoms with E-state index in [9.17, 15) is 4.79 Å². The molecule has 3 aromatic rings. The summed E-state index contributed by atoms with van der Waals surface area (Å²) in [6.45, 7) is 10.2. The van der Waals surface area contributed by atoms with Crippen molar-refractivity contribution >= 4 is 28.8 Å². The van der Waals surface area contributed by atoms with E-state index in [4.69, 9.17) is 4.74 Å². The molecule has 0 saturated carbocycles. The number of thiophene rings is 2. The zero-order valence-corrected chi connectivity index (χ0v) is 23.3. The Hall–Kier alpha value is -2.15. The first-order chi connectivity index (χ1) is 17.5. The van der Waals surface area contributed by atoms with Gasteiger partial charge in [-0.25, -0.2) is 4.79 Å². The number of quaternary nitrogens is 1. The second kappa shape index (κ2) is 11.5. The van der Waals surface area contributed by atoms with Crippen molar-refractivity contribution in [3.05, 3.63) is 79.7 Å². The van der Waals surface area contributed by atoms with Crippen LogP contribution in [0.2, 0.25) is 0 Å². The highest BCUT2D eigenvalue weighted by molar-refractivity contribution is 7.11. The minimum absolute atomic E-state index is 0.0401. The van der Waals surface area contributed by atoms with E-state index >= 15 is 0 Å². The molecule has 5 heterocycles. The molecule has 36 heavy (non-hydrogen) atoms. The molecule has 2 bridgehead atoms. The summed E-state index contributed by atoms with van der Waals surface area (Å²) < 4.78 is 7.48. The van der Waals surface area contributed by atoms with Crippen molar-refractivity contribution in [1.29, 1.82) is 0 Å². The largest absolute Gasteiger partial charge is 0.440 e. The number of aryl methyl sites for hydroxylation is 3. The van der Waals surface area contributed by atoms with Crippen molar-refractivity contribution in [2.75, 3.05) is 26.2 Å². The molecule has 3 saturated heterocycles. The van der Waals surface area contributed by atoms with Gasteiger partial charge >= 0.3 is 6.09 Å². The number of ether oxygens (including phenoxy) is 1. The van der Waals surface area contributed by atoms with E-state index in [-0.39, 0.29) is 12.2 Å². The summed E-state index contributed by atoms with van der Waals surface area (Å²) in [5, 5.41) is 2.14. The first-order valence-corrected chi connectivity index (χ1v) is 15.2. The Morgan fingerprint density at radius 2 is 1.89 bits per heavy atom. The summed E-state index contributed by atoms with van der Waals surface area (Å²) in [6.07, 6.45) is 5.57. The van der Waals surface area contributed by atoms with E-state index in [0.29, 0.717) is 19.0 Å². The van der Waals surface area contributed by atoms with Gasteiger partial charge in [-0.15, -0.1) is 22.7 Å². The molecule has 3 fully saturated rings. The number of fused-ring (bicyclic) bond motifs is 3. The van der Waals surface area contributed by atoms with Crippen molar-refractivity contribution < 1.29 is 14.0 Å². The van der Waals surface area contributed by atoms with Gasteiger partial charge in [-0.1, -0.05) is 37.3 Å². The zero-order chi connectivity index (χ0) is 25.0. The van der Waals surface area contributed by atoms with E-state index in [1.807, 2.05) is 4.90 Å². The van der Waals surface area contributed by atoms with Crippen LogP contribution in [0.25, 0.3) is 0 Å². The SMILES string of the molecule is CCc1ccsc1CN(Cc1ccc(C)s1)C(=O)O[C@H]1C[N+]2(CCCc3ccccc3)CCC1CC2. The lowest BCUT2D eigenvalue weighted by atomic mass is 9.83. The fraction of sp³-hybridized carbons (Fsp3) is 0.500. The van der Waals surface area contributed by atoms with Crippen molar-refractivity contribution in [3.63, 3.8) is 0 Å². The highest BCUT2D eigenvalue weighted by Gasteiger charge is 2.47. The summed E-state index contributed by atoms with van der Waals surface area (Å²) in [5.74, 6) is 0.516. The highest BCUT2D eigenvalue weighted by Crippen LogP contribution is 2.36. The van der Waals surface area contributed by atoms with E-state index < -0.39 is 0 Å². The van der Waals surface area contributed by atoms with Crippen LogP contribution in [-0.2, 0) is 30.7 Å². The normalized spacial score (nSPS) is 23.1. The quantitative estimate of drug-likeness (QED) is 0.266. The van der Waals surface area contributed by atoms with E-state index in [0.717, 1.165) is 23.9 Å². The maximum atomic E-state index is 13.6. The van der Waals surface area contributed by atoms with E-state index in [2.05, 4.69) is 67.8 Å². The van der Waals surface area contributed by atoms with Gasteiger partial charge < -0.3 is 9.22 Å². The van der Waals surface area contributed by atoms with Crippen LogP contribution in [-0.4, -0.2) is 47.8 Å². The number of rotatable bonds is 10. The molecule has 0 radical (unpaired) electrons. The third-order valence-electron chi connectivity index (χ3n) is 8.19. The number of amides is 1. The average Bonchev–Trinajstić information content (AvgIpc) is 3.53. The number of hydrogen-bond donors (Lipinski definition) is 0. The lowest BCUT2D eigenvalue weighted by molar-refractivity contribution is -0.946. The van der Waals surface area contributed by atoms with Gasteiger partial charge in [0, 0.05) is 39.8 Å². The molecule has 4 nitrogen and oxygen atoms in total. The second-order valence-electron chi connectivity index (χ2n) is 10.6. The molecule has 1 amide bonds. The molecule has 0 N–H and O–H groups in total. The molecular weight excluding hydrogens is 484 g/mol. The predicted octanol–water partition coefficient (Wildman–Crippen LogP) is 7.06. The van der Waals surface area contributed by atoms with Crippen molar-refractivity contribution in [2.45, 2.75) is 65.1 Å². The monoisotopic (exact) mass is 523 g/mol. The minimum atomic E-state index is -0.141. The third-order valence-corrected chi connectivity index (χ3v) is 10.1. The molecule has 0 aliphatic carbocycles. The molecule has 0 unspecified atom stereocenters. The number of piperidine rings is 3. The molecule has 2 aromatic heterocycles. The van der Waals surface area contributed by atoms with Crippen LogP contribution < -0.4 is 0 Å². The summed E-state index contributed by atoms with van der Waals surface area (Å²) in [4.78, 5) is 19.4. The first kappa shape index (κ1) is 25.5. The molecule has 192 valence electrons. The number of benzene rings is 1. The maximum absolute atomic E-state index is 13.6. The van der Waals surface area contributed by atoms with Gasteiger partial charge in [0.1, 0.15) is 6.54 Å². The Bertz CT molecular complexity index is 1130. The van der Waals surface area contributed by atoms with Crippen molar-refractivity contribution in [3.8, 4) is 0 Å². The molecule has 1 aromatic carbocycles. The number of nitrogens with zero attached hydrogens (tertiary/aromatic N) is 2. The topological polar surface area (TPSA) is 29.5 Å². The lowest BCUT2D eigenvalue weighted by Crippen LogP contribution is -2.65. The predicted molar refractivity (Wildman–Crippen MR) is 149 cm³/mol. The zero-order valence-electron chi connectivity index (χ0n) is 21.7. The molecule has 3 aliphatic rings. The van der Waals surface area contributed by atoms with Crippen LogP contribution in [0, 0.1) is 12.8 Å².